The second-order valence-corrected chi connectivity index (χ2v) is 4.80. The van der Waals surface area contributed by atoms with E-state index in [1.54, 1.807) is 19.1 Å². The van der Waals surface area contributed by atoms with Crippen LogP contribution in [0.5, 0.6) is 5.88 Å². The van der Waals surface area contributed by atoms with E-state index in [-0.39, 0.29) is 11.9 Å². The van der Waals surface area contributed by atoms with Crippen LogP contribution in [0.25, 0.3) is 0 Å². The molecule has 106 valence electrons. The molecule has 0 aliphatic carbocycles. The lowest BCUT2D eigenvalue weighted by atomic mass is 10.2. The van der Waals surface area contributed by atoms with E-state index in [2.05, 4.69) is 15.6 Å². The second kappa shape index (κ2) is 6.82. The highest BCUT2D eigenvalue weighted by molar-refractivity contribution is 5.83. The maximum absolute atomic E-state index is 11.8. The average Bonchev–Trinajstić information content (AvgIpc) is 2.37. The number of nitrogen functional groups attached to an aromatic ring is 1. The van der Waals surface area contributed by atoms with Gasteiger partial charge >= 0.3 is 0 Å². The van der Waals surface area contributed by atoms with Gasteiger partial charge in [0.2, 0.25) is 11.8 Å². The summed E-state index contributed by atoms with van der Waals surface area (Å²) in [7, 11) is 1.50. The van der Waals surface area contributed by atoms with E-state index >= 15 is 0 Å². The number of hydrogen-bond acceptors (Lipinski definition) is 5. The van der Waals surface area contributed by atoms with Gasteiger partial charge < -0.3 is 21.1 Å². The van der Waals surface area contributed by atoms with E-state index in [0.29, 0.717) is 29.8 Å². The minimum atomic E-state index is -0.375. The SMILES string of the molecule is COc1nc(NC(C)C(=O)NCC(C)C)ccc1N. The smallest absolute Gasteiger partial charge is 0.242 e. The summed E-state index contributed by atoms with van der Waals surface area (Å²) in [4.78, 5) is 16.0. The average molecular weight is 266 g/mol. The Kier molecular flexibility index (Phi) is 5.41. The molecule has 0 bridgehead atoms. The van der Waals surface area contributed by atoms with Crippen LogP contribution in [0.1, 0.15) is 20.8 Å². The highest BCUT2D eigenvalue weighted by Gasteiger charge is 2.13. The Hall–Kier alpha value is -1.98. The van der Waals surface area contributed by atoms with Crippen molar-refractivity contribution in [3.05, 3.63) is 12.1 Å². The molecule has 1 atom stereocenters. The number of nitrogens with two attached hydrogens (primary N) is 1. The summed E-state index contributed by atoms with van der Waals surface area (Å²) in [6, 6.07) is 3.02. The lowest BCUT2D eigenvalue weighted by molar-refractivity contribution is -0.121. The number of hydrogen-bond donors (Lipinski definition) is 3. The van der Waals surface area contributed by atoms with E-state index in [1.165, 1.54) is 7.11 Å². The minimum Gasteiger partial charge on any atom is -0.479 e. The molecule has 1 amide bonds. The van der Waals surface area contributed by atoms with Gasteiger partial charge in [0, 0.05) is 6.54 Å². The van der Waals surface area contributed by atoms with Crippen LogP contribution in [0, 0.1) is 5.92 Å². The van der Waals surface area contributed by atoms with E-state index in [4.69, 9.17) is 10.5 Å². The summed E-state index contributed by atoms with van der Waals surface area (Å²) < 4.78 is 5.03. The van der Waals surface area contributed by atoms with Crippen molar-refractivity contribution in [1.29, 1.82) is 0 Å². The van der Waals surface area contributed by atoms with Gasteiger partial charge in [0.05, 0.1) is 12.8 Å². The zero-order valence-corrected chi connectivity index (χ0v) is 11.9. The molecule has 0 saturated carbocycles. The van der Waals surface area contributed by atoms with Gasteiger partial charge in [0.25, 0.3) is 0 Å². The molecule has 0 fully saturated rings. The van der Waals surface area contributed by atoms with Crippen LogP contribution in [0.3, 0.4) is 0 Å². The van der Waals surface area contributed by atoms with Gasteiger partial charge in [-0.2, -0.15) is 4.98 Å². The monoisotopic (exact) mass is 266 g/mol. The molecule has 1 heterocycles. The Morgan fingerprint density at radius 1 is 1.42 bits per heavy atom. The highest BCUT2D eigenvalue weighted by Crippen LogP contribution is 2.20. The number of rotatable bonds is 6. The Labute approximate surface area is 113 Å². The summed E-state index contributed by atoms with van der Waals surface area (Å²) in [6.45, 7) is 6.53. The summed E-state index contributed by atoms with van der Waals surface area (Å²) in [5.74, 6) is 1.26. The maximum atomic E-state index is 11.8. The molecule has 6 heteroatoms. The number of nitrogens with zero attached hydrogens (tertiary/aromatic N) is 1. The lowest BCUT2D eigenvalue weighted by Gasteiger charge is -2.16. The third-order valence-corrected chi connectivity index (χ3v) is 2.53. The zero-order chi connectivity index (χ0) is 14.4. The Bertz CT molecular complexity index is 435. The summed E-state index contributed by atoms with van der Waals surface area (Å²) >= 11 is 0. The normalized spacial score (nSPS) is 12.1. The molecule has 1 unspecified atom stereocenters. The predicted octanol–water partition coefficient (Wildman–Crippen LogP) is 1.24. The number of amides is 1. The minimum absolute atomic E-state index is 0.0636. The number of pyridine rings is 1. The standard InChI is InChI=1S/C13H22N4O2/c1-8(2)7-15-12(18)9(3)16-11-6-5-10(14)13(17-11)19-4/h5-6,8-9H,7,14H2,1-4H3,(H,15,18)(H,16,17). The van der Waals surface area contributed by atoms with Crippen molar-refractivity contribution in [3.63, 3.8) is 0 Å². The van der Waals surface area contributed by atoms with Crippen LogP contribution >= 0.6 is 0 Å². The van der Waals surface area contributed by atoms with Crippen LogP contribution in [0.4, 0.5) is 11.5 Å². The molecule has 1 aromatic heterocycles. The van der Waals surface area contributed by atoms with Crippen molar-refractivity contribution < 1.29 is 9.53 Å². The number of anilines is 2. The van der Waals surface area contributed by atoms with Crippen molar-refractivity contribution >= 4 is 17.4 Å². The first-order chi connectivity index (χ1) is 8.93. The second-order valence-electron chi connectivity index (χ2n) is 4.80. The first kappa shape index (κ1) is 15.1. The van der Waals surface area contributed by atoms with Crippen molar-refractivity contribution in [2.45, 2.75) is 26.8 Å². The van der Waals surface area contributed by atoms with Gasteiger partial charge in [-0.05, 0) is 25.0 Å². The third kappa shape index (κ3) is 4.65. The topological polar surface area (TPSA) is 89.3 Å². The first-order valence-electron chi connectivity index (χ1n) is 6.28. The van der Waals surface area contributed by atoms with Crippen LogP contribution in [0.15, 0.2) is 12.1 Å². The summed E-state index contributed by atoms with van der Waals surface area (Å²) in [5.41, 5.74) is 6.14. The number of ether oxygens (including phenoxy) is 1. The third-order valence-electron chi connectivity index (χ3n) is 2.53. The van der Waals surface area contributed by atoms with E-state index < -0.39 is 0 Å². The molecule has 1 aromatic rings. The van der Waals surface area contributed by atoms with E-state index in [1.807, 2.05) is 13.8 Å². The number of carbonyl (C=O) groups is 1. The zero-order valence-electron chi connectivity index (χ0n) is 11.9. The number of carbonyl (C=O) groups excluding carboxylic acids is 1. The molecule has 4 N–H and O–H groups in total. The molecular formula is C13H22N4O2. The molecule has 1 rings (SSSR count). The fraction of sp³-hybridized carbons (Fsp3) is 0.538. The quantitative estimate of drug-likeness (QED) is 0.721. The van der Waals surface area contributed by atoms with Crippen molar-refractivity contribution in [2.24, 2.45) is 5.92 Å². The highest BCUT2D eigenvalue weighted by atomic mass is 16.5. The summed E-state index contributed by atoms with van der Waals surface area (Å²) in [6.07, 6.45) is 0. The fourth-order valence-corrected chi connectivity index (χ4v) is 1.44. The van der Waals surface area contributed by atoms with Gasteiger partial charge in [-0.25, -0.2) is 0 Å². The molecule has 0 aromatic carbocycles. The van der Waals surface area contributed by atoms with Crippen molar-refractivity contribution in [3.8, 4) is 5.88 Å². The van der Waals surface area contributed by atoms with Crippen LogP contribution < -0.4 is 21.1 Å². The first-order valence-corrected chi connectivity index (χ1v) is 6.28. The lowest BCUT2D eigenvalue weighted by Crippen LogP contribution is -2.39. The van der Waals surface area contributed by atoms with E-state index in [0.717, 1.165) is 0 Å². The number of methoxy groups -OCH3 is 1. The van der Waals surface area contributed by atoms with Gasteiger partial charge in [-0.15, -0.1) is 0 Å². The van der Waals surface area contributed by atoms with Gasteiger partial charge in [-0.3, -0.25) is 4.79 Å². The Balaban J connectivity index is 2.61. The predicted molar refractivity (Wildman–Crippen MR) is 76.1 cm³/mol. The van der Waals surface area contributed by atoms with Crippen LogP contribution in [0.2, 0.25) is 0 Å². The summed E-state index contributed by atoms with van der Waals surface area (Å²) in [5, 5.41) is 5.87. The van der Waals surface area contributed by atoms with Crippen molar-refractivity contribution in [1.82, 2.24) is 10.3 Å². The van der Waals surface area contributed by atoms with Crippen LogP contribution in [-0.2, 0) is 4.79 Å². The van der Waals surface area contributed by atoms with Crippen LogP contribution in [-0.4, -0.2) is 30.6 Å². The largest absolute Gasteiger partial charge is 0.479 e. The fourth-order valence-electron chi connectivity index (χ4n) is 1.44. The maximum Gasteiger partial charge on any atom is 0.242 e. The van der Waals surface area contributed by atoms with Gasteiger partial charge in [-0.1, -0.05) is 13.8 Å². The van der Waals surface area contributed by atoms with E-state index in [9.17, 15) is 4.79 Å². The van der Waals surface area contributed by atoms with Gasteiger partial charge in [0.15, 0.2) is 0 Å². The molecule has 19 heavy (non-hydrogen) atoms. The molecule has 0 aliphatic rings. The Morgan fingerprint density at radius 2 is 2.11 bits per heavy atom. The molecule has 0 saturated heterocycles. The molecule has 0 radical (unpaired) electrons. The Morgan fingerprint density at radius 3 is 2.68 bits per heavy atom. The molecule has 0 spiro atoms. The van der Waals surface area contributed by atoms with Gasteiger partial charge in [0.1, 0.15) is 11.9 Å². The van der Waals surface area contributed by atoms with Crippen molar-refractivity contribution in [2.75, 3.05) is 24.7 Å². The molecular weight excluding hydrogens is 244 g/mol. The molecule has 0 aliphatic heterocycles. The number of nitrogens with one attached hydrogen (secondary N) is 2. The molecule has 6 nitrogen and oxygen atoms in total. The number of aromatic nitrogens is 1.